The normalized spacial score (nSPS) is 24.1. The molecule has 0 aromatic heterocycles. The Morgan fingerprint density at radius 2 is 1.67 bits per heavy atom. The predicted molar refractivity (Wildman–Crippen MR) is 89.6 cm³/mol. The van der Waals surface area contributed by atoms with Crippen LogP contribution in [0.15, 0.2) is 0 Å². The molecule has 0 aromatic carbocycles. The van der Waals surface area contributed by atoms with Crippen LogP contribution in [0.4, 0.5) is 0 Å². The number of carbonyl (C=O) groups excluding carboxylic acids is 2. The van der Waals surface area contributed by atoms with Crippen molar-refractivity contribution in [3.8, 4) is 0 Å². The summed E-state index contributed by atoms with van der Waals surface area (Å²) in [4.78, 5) is 22.8. The van der Waals surface area contributed by atoms with Crippen LogP contribution >= 0.6 is 0 Å². The van der Waals surface area contributed by atoms with Crippen molar-refractivity contribution >= 4 is 11.8 Å². The number of hydrogen-bond donors (Lipinski definition) is 2. The molecule has 0 amide bonds. The first kappa shape index (κ1) is 21.1. The van der Waals surface area contributed by atoms with Gasteiger partial charge in [-0.2, -0.15) is 0 Å². The third kappa shape index (κ3) is 8.22. The average molecular weight is 344 g/mol. The zero-order valence-corrected chi connectivity index (χ0v) is 14.7. The molecule has 0 spiro atoms. The first-order chi connectivity index (χ1) is 11.6. The van der Waals surface area contributed by atoms with Crippen molar-refractivity contribution in [1.29, 1.82) is 0 Å². The number of Topliss-reactive ketones (excluding diaryl/α,β-unsaturated/α-hetero) is 1. The number of rotatable bonds is 12. The number of ketones is 1. The Morgan fingerprint density at radius 3 is 2.29 bits per heavy atom. The molecule has 6 nitrogen and oxygen atoms in total. The van der Waals surface area contributed by atoms with Crippen molar-refractivity contribution < 1.29 is 29.3 Å². The molecule has 140 valence electrons. The molecule has 1 fully saturated rings. The Balaban J connectivity index is 1.99. The number of carbonyl (C=O) groups is 2. The highest BCUT2D eigenvalue weighted by molar-refractivity contribution is 5.85. The van der Waals surface area contributed by atoms with Gasteiger partial charge in [-0.15, -0.1) is 0 Å². The highest BCUT2D eigenvalue weighted by Gasteiger charge is 2.37. The Morgan fingerprint density at radius 1 is 1.08 bits per heavy atom. The highest BCUT2D eigenvalue weighted by Crippen LogP contribution is 2.14. The Labute approximate surface area is 144 Å². The van der Waals surface area contributed by atoms with Gasteiger partial charge >= 0.3 is 5.97 Å². The summed E-state index contributed by atoms with van der Waals surface area (Å²) in [7, 11) is 0. The van der Waals surface area contributed by atoms with Gasteiger partial charge in [0, 0.05) is 6.42 Å². The van der Waals surface area contributed by atoms with E-state index in [1.807, 2.05) is 0 Å². The maximum absolute atomic E-state index is 11.7. The van der Waals surface area contributed by atoms with E-state index in [-0.39, 0.29) is 19.2 Å². The third-order valence-corrected chi connectivity index (χ3v) is 4.37. The summed E-state index contributed by atoms with van der Waals surface area (Å²) in [6.07, 6.45) is 7.33. The van der Waals surface area contributed by atoms with E-state index in [9.17, 15) is 19.8 Å². The molecule has 6 heteroatoms. The molecule has 1 saturated heterocycles. The molecule has 1 heterocycles. The fourth-order valence-corrected chi connectivity index (χ4v) is 2.74. The van der Waals surface area contributed by atoms with Crippen LogP contribution in [0.2, 0.25) is 0 Å². The van der Waals surface area contributed by atoms with Gasteiger partial charge in [0.05, 0.1) is 0 Å². The fraction of sp³-hybridized carbons (Fsp3) is 0.889. The molecular weight excluding hydrogens is 312 g/mol. The van der Waals surface area contributed by atoms with Gasteiger partial charge in [-0.05, 0) is 6.42 Å². The van der Waals surface area contributed by atoms with Crippen LogP contribution in [0.25, 0.3) is 0 Å². The number of ether oxygens (including phenoxy) is 2. The molecule has 1 rings (SSSR count). The van der Waals surface area contributed by atoms with Gasteiger partial charge in [-0.3, -0.25) is 9.59 Å². The van der Waals surface area contributed by atoms with Gasteiger partial charge in [0.1, 0.15) is 31.5 Å². The molecule has 0 saturated carbocycles. The lowest BCUT2D eigenvalue weighted by Gasteiger charge is -2.30. The minimum atomic E-state index is -1.46. The van der Waals surface area contributed by atoms with Gasteiger partial charge in [0.2, 0.25) is 0 Å². The molecule has 2 N–H and O–H groups in total. The number of aliphatic hydroxyl groups is 2. The van der Waals surface area contributed by atoms with Crippen LogP contribution in [0.3, 0.4) is 0 Å². The smallest absolute Gasteiger partial charge is 0.305 e. The van der Waals surface area contributed by atoms with Crippen LogP contribution in [0.1, 0.15) is 71.1 Å². The van der Waals surface area contributed by atoms with Crippen LogP contribution in [-0.4, -0.2) is 53.5 Å². The molecule has 1 aliphatic rings. The predicted octanol–water partition coefficient (Wildman–Crippen LogP) is 2.14. The molecule has 0 bridgehead atoms. The summed E-state index contributed by atoms with van der Waals surface area (Å²) in [6.45, 7) is 1.81. The molecule has 3 atom stereocenters. The maximum Gasteiger partial charge on any atom is 0.305 e. The van der Waals surface area contributed by atoms with Gasteiger partial charge in [0.15, 0.2) is 5.78 Å². The van der Waals surface area contributed by atoms with Crippen molar-refractivity contribution in [3.05, 3.63) is 0 Å². The molecule has 0 radical (unpaired) electrons. The van der Waals surface area contributed by atoms with Crippen LogP contribution in [0, 0.1) is 0 Å². The average Bonchev–Trinajstić information content (AvgIpc) is 2.57. The van der Waals surface area contributed by atoms with E-state index in [1.54, 1.807) is 0 Å². The second-order valence-electron chi connectivity index (χ2n) is 6.51. The fourth-order valence-electron chi connectivity index (χ4n) is 2.74. The van der Waals surface area contributed by atoms with Crippen molar-refractivity contribution in [2.24, 2.45) is 0 Å². The first-order valence-electron chi connectivity index (χ1n) is 9.22. The van der Waals surface area contributed by atoms with Gasteiger partial charge in [-0.25, -0.2) is 0 Å². The summed E-state index contributed by atoms with van der Waals surface area (Å²) in [6, 6.07) is 0. The Kier molecular flexibility index (Phi) is 10.9. The monoisotopic (exact) mass is 344 g/mol. The van der Waals surface area contributed by atoms with Crippen LogP contribution in [-0.2, 0) is 19.1 Å². The van der Waals surface area contributed by atoms with Gasteiger partial charge in [0.25, 0.3) is 0 Å². The van der Waals surface area contributed by atoms with E-state index in [0.717, 1.165) is 19.3 Å². The summed E-state index contributed by atoms with van der Waals surface area (Å²) in [5.74, 6) is -0.889. The lowest BCUT2D eigenvalue weighted by Crippen LogP contribution is -2.52. The van der Waals surface area contributed by atoms with Crippen molar-refractivity contribution in [3.63, 3.8) is 0 Å². The van der Waals surface area contributed by atoms with Gasteiger partial charge in [-0.1, -0.05) is 58.3 Å². The standard InChI is InChI=1S/C18H32O6/c1-2-3-4-5-6-7-8-9-10-11-16(20)24-13-15-18(22)17(21)14(19)12-23-15/h15,17-18,21-22H,2-13H2,1H3/t15-,17-,18-/m1/s1. The third-order valence-electron chi connectivity index (χ3n) is 4.37. The van der Waals surface area contributed by atoms with Gasteiger partial charge < -0.3 is 19.7 Å². The summed E-state index contributed by atoms with van der Waals surface area (Å²) >= 11 is 0. The minimum Gasteiger partial charge on any atom is -0.463 e. The first-order valence-corrected chi connectivity index (χ1v) is 9.22. The zero-order valence-electron chi connectivity index (χ0n) is 14.7. The number of aliphatic hydroxyl groups excluding tert-OH is 2. The molecule has 0 aromatic rings. The minimum absolute atomic E-state index is 0.137. The lowest BCUT2D eigenvalue weighted by molar-refractivity contribution is -0.177. The number of hydrogen-bond acceptors (Lipinski definition) is 6. The highest BCUT2D eigenvalue weighted by atomic mass is 16.6. The van der Waals surface area contributed by atoms with E-state index in [0.29, 0.717) is 6.42 Å². The van der Waals surface area contributed by atoms with Crippen LogP contribution in [0.5, 0.6) is 0 Å². The van der Waals surface area contributed by atoms with Crippen molar-refractivity contribution in [1.82, 2.24) is 0 Å². The summed E-state index contributed by atoms with van der Waals surface area (Å²) in [5.41, 5.74) is 0. The van der Waals surface area contributed by atoms with E-state index in [2.05, 4.69) is 6.92 Å². The summed E-state index contributed by atoms with van der Waals surface area (Å²) in [5, 5.41) is 19.1. The van der Waals surface area contributed by atoms with E-state index >= 15 is 0 Å². The van der Waals surface area contributed by atoms with E-state index < -0.39 is 24.1 Å². The topological polar surface area (TPSA) is 93.1 Å². The lowest BCUT2D eigenvalue weighted by atomic mass is 10.0. The molecule has 0 unspecified atom stereocenters. The Bertz CT molecular complexity index is 371. The molecular formula is C18H32O6. The number of unbranched alkanes of at least 4 members (excludes halogenated alkanes) is 8. The maximum atomic E-state index is 11.7. The quantitative estimate of drug-likeness (QED) is 0.416. The van der Waals surface area contributed by atoms with E-state index in [1.165, 1.54) is 38.5 Å². The number of esters is 1. The molecule has 1 aliphatic heterocycles. The molecule has 24 heavy (non-hydrogen) atoms. The Hall–Kier alpha value is -0.980. The second kappa shape index (κ2) is 12.4. The van der Waals surface area contributed by atoms with Crippen molar-refractivity contribution in [2.45, 2.75) is 89.4 Å². The largest absolute Gasteiger partial charge is 0.463 e. The summed E-state index contributed by atoms with van der Waals surface area (Å²) < 4.78 is 10.1. The second-order valence-corrected chi connectivity index (χ2v) is 6.51. The van der Waals surface area contributed by atoms with Crippen LogP contribution < -0.4 is 0 Å². The zero-order chi connectivity index (χ0) is 17.8. The SMILES string of the molecule is CCCCCCCCCCCC(=O)OC[C@H]1OCC(=O)[C@@H](O)[C@@H]1O. The van der Waals surface area contributed by atoms with Crippen molar-refractivity contribution in [2.75, 3.05) is 13.2 Å². The molecule has 0 aliphatic carbocycles. The van der Waals surface area contributed by atoms with E-state index in [4.69, 9.17) is 9.47 Å².